The maximum absolute atomic E-state index is 12.5. The van der Waals surface area contributed by atoms with Crippen molar-refractivity contribution in [3.05, 3.63) is 47.0 Å². The largest absolute Gasteiger partial charge is 0.391 e. The lowest BCUT2D eigenvalue weighted by Crippen LogP contribution is -2.34. The van der Waals surface area contributed by atoms with Gasteiger partial charge in [-0.15, -0.1) is 5.10 Å². The molecule has 0 aliphatic carbocycles. The van der Waals surface area contributed by atoms with Crippen molar-refractivity contribution in [3.63, 3.8) is 0 Å². The van der Waals surface area contributed by atoms with Crippen molar-refractivity contribution >= 4 is 17.5 Å². The zero-order valence-electron chi connectivity index (χ0n) is 11.5. The number of benzene rings is 1. The van der Waals surface area contributed by atoms with Gasteiger partial charge in [0.2, 0.25) is 5.82 Å². The Morgan fingerprint density at radius 2 is 2.10 bits per heavy atom. The number of likely N-dealkylation sites (tertiary alicyclic amines) is 1. The smallest absolute Gasteiger partial charge is 0.294 e. The van der Waals surface area contributed by atoms with Gasteiger partial charge in [0.1, 0.15) is 6.33 Å². The van der Waals surface area contributed by atoms with Crippen molar-refractivity contribution < 1.29 is 9.90 Å². The quantitative estimate of drug-likeness (QED) is 0.911. The van der Waals surface area contributed by atoms with Gasteiger partial charge >= 0.3 is 0 Å². The van der Waals surface area contributed by atoms with E-state index in [4.69, 9.17) is 11.6 Å². The van der Waals surface area contributed by atoms with E-state index in [1.165, 1.54) is 11.0 Å². The monoisotopic (exact) mass is 306 g/mol. The van der Waals surface area contributed by atoms with Crippen LogP contribution in [0.5, 0.6) is 0 Å². The average Bonchev–Trinajstić information content (AvgIpc) is 3.06. The van der Waals surface area contributed by atoms with Gasteiger partial charge in [-0.2, -0.15) is 0 Å². The maximum Gasteiger partial charge on any atom is 0.294 e. The van der Waals surface area contributed by atoms with Crippen LogP contribution in [0.25, 0.3) is 0 Å². The molecule has 1 saturated heterocycles. The summed E-state index contributed by atoms with van der Waals surface area (Å²) >= 11 is 5.89. The highest BCUT2D eigenvalue weighted by Crippen LogP contribution is 2.33. The Kier molecular flexibility index (Phi) is 3.65. The number of aryl methyl sites for hydroxylation is 1. The molecule has 110 valence electrons. The van der Waals surface area contributed by atoms with E-state index >= 15 is 0 Å². The predicted molar refractivity (Wildman–Crippen MR) is 76.9 cm³/mol. The third-order valence-electron chi connectivity index (χ3n) is 3.63. The molecule has 21 heavy (non-hydrogen) atoms. The molecule has 2 atom stereocenters. The van der Waals surface area contributed by atoms with Crippen LogP contribution in [-0.4, -0.2) is 43.3 Å². The van der Waals surface area contributed by atoms with Crippen LogP contribution in [-0.2, 0) is 7.05 Å². The van der Waals surface area contributed by atoms with Crippen molar-refractivity contribution in [2.45, 2.75) is 18.6 Å². The Hall–Kier alpha value is -1.92. The van der Waals surface area contributed by atoms with E-state index in [0.717, 1.165) is 5.56 Å². The van der Waals surface area contributed by atoms with Crippen LogP contribution < -0.4 is 0 Å². The predicted octanol–water partition coefficient (Wildman–Crippen LogP) is 1.42. The van der Waals surface area contributed by atoms with Gasteiger partial charge in [0.25, 0.3) is 5.91 Å². The second kappa shape index (κ2) is 5.46. The Morgan fingerprint density at radius 1 is 1.38 bits per heavy atom. The summed E-state index contributed by atoms with van der Waals surface area (Å²) in [5.74, 6) is -0.127. The second-order valence-corrected chi connectivity index (χ2v) is 5.53. The Labute approximate surface area is 127 Å². The summed E-state index contributed by atoms with van der Waals surface area (Å²) in [7, 11) is 1.71. The molecule has 1 aromatic heterocycles. The molecule has 0 radical (unpaired) electrons. The highest BCUT2D eigenvalue weighted by Gasteiger charge is 2.38. The maximum atomic E-state index is 12.5. The molecular weight excluding hydrogens is 292 g/mol. The van der Waals surface area contributed by atoms with E-state index in [1.807, 2.05) is 12.1 Å². The molecule has 1 aromatic carbocycles. The SMILES string of the molecule is Cn1cnc(C(=O)N2CC[C@@H](O)[C@H]2c2ccc(Cl)cc2)n1. The van der Waals surface area contributed by atoms with Gasteiger partial charge in [-0.25, -0.2) is 4.98 Å². The van der Waals surface area contributed by atoms with Crippen LogP contribution in [0.4, 0.5) is 0 Å². The molecule has 1 amide bonds. The summed E-state index contributed by atoms with van der Waals surface area (Å²) in [6.07, 6.45) is 1.42. The van der Waals surface area contributed by atoms with Crippen molar-refractivity contribution in [1.82, 2.24) is 19.7 Å². The number of halogens is 1. The number of carbonyl (C=O) groups is 1. The van der Waals surface area contributed by atoms with Crippen LogP contribution in [0.3, 0.4) is 0 Å². The fourth-order valence-corrected chi connectivity index (χ4v) is 2.76. The van der Waals surface area contributed by atoms with E-state index in [-0.39, 0.29) is 11.7 Å². The van der Waals surface area contributed by atoms with Gasteiger partial charge in [0.05, 0.1) is 12.1 Å². The molecule has 1 aliphatic rings. The van der Waals surface area contributed by atoms with Gasteiger partial charge in [0, 0.05) is 18.6 Å². The zero-order chi connectivity index (χ0) is 15.0. The lowest BCUT2D eigenvalue weighted by Gasteiger charge is -2.25. The van der Waals surface area contributed by atoms with Crippen LogP contribution >= 0.6 is 11.6 Å². The molecule has 3 rings (SSSR count). The molecule has 7 heteroatoms. The number of aliphatic hydroxyl groups is 1. The minimum absolute atomic E-state index is 0.144. The molecular formula is C14H15ClN4O2. The summed E-state index contributed by atoms with van der Waals surface area (Å²) in [5, 5.41) is 14.9. The lowest BCUT2D eigenvalue weighted by atomic mass is 10.0. The number of carbonyl (C=O) groups excluding carboxylic acids is 1. The number of aromatic nitrogens is 3. The topological polar surface area (TPSA) is 71.2 Å². The summed E-state index contributed by atoms with van der Waals surface area (Å²) in [6, 6.07) is 6.77. The first-order chi connectivity index (χ1) is 10.1. The molecule has 2 aromatic rings. The first-order valence-corrected chi connectivity index (χ1v) is 7.04. The fourth-order valence-electron chi connectivity index (χ4n) is 2.63. The van der Waals surface area contributed by atoms with Gasteiger partial charge in [-0.1, -0.05) is 23.7 Å². The third-order valence-corrected chi connectivity index (χ3v) is 3.88. The second-order valence-electron chi connectivity index (χ2n) is 5.09. The standard InChI is InChI=1S/C14H15ClN4O2/c1-18-8-16-13(17-18)14(21)19-7-6-11(20)12(19)9-2-4-10(15)5-3-9/h2-5,8,11-12,20H,6-7H2,1H3/t11-,12-/m1/s1. The van der Waals surface area contributed by atoms with Gasteiger partial charge in [0.15, 0.2) is 0 Å². The van der Waals surface area contributed by atoms with Crippen molar-refractivity contribution in [3.8, 4) is 0 Å². The van der Waals surface area contributed by atoms with Crippen molar-refractivity contribution in [2.24, 2.45) is 7.05 Å². The van der Waals surface area contributed by atoms with Crippen molar-refractivity contribution in [2.75, 3.05) is 6.54 Å². The molecule has 1 fully saturated rings. The number of aliphatic hydroxyl groups excluding tert-OH is 1. The fraction of sp³-hybridized carbons (Fsp3) is 0.357. The number of rotatable bonds is 2. The van der Waals surface area contributed by atoms with E-state index in [9.17, 15) is 9.90 Å². The minimum atomic E-state index is -0.598. The Bertz CT molecular complexity index is 655. The van der Waals surface area contributed by atoms with E-state index < -0.39 is 12.1 Å². The van der Waals surface area contributed by atoms with Gasteiger partial charge in [-0.3, -0.25) is 9.48 Å². The summed E-state index contributed by atoms with van der Waals surface area (Å²) in [6.45, 7) is 0.478. The molecule has 1 N–H and O–H groups in total. The summed E-state index contributed by atoms with van der Waals surface area (Å²) in [4.78, 5) is 18.1. The molecule has 1 aliphatic heterocycles. The minimum Gasteiger partial charge on any atom is -0.391 e. The van der Waals surface area contributed by atoms with Crippen molar-refractivity contribution in [1.29, 1.82) is 0 Å². The Morgan fingerprint density at radius 3 is 2.71 bits per heavy atom. The van der Waals surface area contributed by atoms with Crippen LogP contribution in [0.15, 0.2) is 30.6 Å². The first kappa shape index (κ1) is 14.0. The number of amides is 1. The lowest BCUT2D eigenvalue weighted by molar-refractivity contribution is 0.0626. The normalized spacial score (nSPS) is 21.8. The van der Waals surface area contributed by atoms with Gasteiger partial charge < -0.3 is 10.0 Å². The van der Waals surface area contributed by atoms with E-state index in [1.54, 1.807) is 24.1 Å². The summed E-state index contributed by atoms with van der Waals surface area (Å²) < 4.78 is 1.48. The Balaban J connectivity index is 1.90. The molecule has 0 spiro atoms. The van der Waals surface area contributed by atoms with E-state index in [2.05, 4.69) is 10.1 Å². The molecule has 0 unspecified atom stereocenters. The third kappa shape index (κ3) is 2.64. The number of hydrogen-bond donors (Lipinski definition) is 1. The van der Waals surface area contributed by atoms with E-state index in [0.29, 0.717) is 18.0 Å². The summed E-state index contributed by atoms with van der Waals surface area (Å²) in [5.41, 5.74) is 0.855. The van der Waals surface area contributed by atoms with Crippen LogP contribution in [0, 0.1) is 0 Å². The molecule has 0 bridgehead atoms. The number of hydrogen-bond acceptors (Lipinski definition) is 4. The van der Waals surface area contributed by atoms with Crippen LogP contribution in [0.2, 0.25) is 5.02 Å². The highest BCUT2D eigenvalue weighted by molar-refractivity contribution is 6.30. The number of nitrogens with zero attached hydrogens (tertiary/aromatic N) is 4. The zero-order valence-corrected chi connectivity index (χ0v) is 12.2. The van der Waals surface area contributed by atoms with Crippen LogP contribution in [0.1, 0.15) is 28.6 Å². The molecule has 6 nitrogen and oxygen atoms in total. The average molecular weight is 307 g/mol. The highest BCUT2D eigenvalue weighted by atomic mass is 35.5. The molecule has 2 heterocycles. The molecule has 0 saturated carbocycles. The first-order valence-electron chi connectivity index (χ1n) is 6.66. The van der Waals surface area contributed by atoms with Gasteiger partial charge in [-0.05, 0) is 24.1 Å².